The summed E-state index contributed by atoms with van der Waals surface area (Å²) < 4.78 is 15.8. The minimum absolute atomic E-state index is 0.0409. The number of nitrogens with two attached hydrogens (primary N) is 1. The lowest BCUT2D eigenvalue weighted by atomic mass is 10.3. The van der Waals surface area contributed by atoms with Crippen LogP contribution in [0, 0.1) is 5.82 Å². The monoisotopic (exact) mass is 324 g/mol. The molecule has 110 valence electrons. The first-order valence-corrected chi connectivity index (χ1v) is 8.20. The topological polar surface area (TPSA) is 56.7 Å². The van der Waals surface area contributed by atoms with Gasteiger partial charge < -0.3 is 10.3 Å². The summed E-state index contributed by atoms with van der Waals surface area (Å²) in [5.74, 6) is 1.16. The molecule has 4 nitrogen and oxygen atoms in total. The Morgan fingerprint density at radius 3 is 2.67 bits per heavy atom. The summed E-state index contributed by atoms with van der Waals surface area (Å²) in [5, 5.41) is 9.47. The Labute approximate surface area is 130 Å². The van der Waals surface area contributed by atoms with E-state index >= 15 is 0 Å². The zero-order valence-corrected chi connectivity index (χ0v) is 12.8. The largest absolute Gasteiger partial charge is 0.398 e. The highest BCUT2D eigenvalue weighted by molar-refractivity contribution is 7.99. The van der Waals surface area contributed by atoms with Crippen LogP contribution in [0.3, 0.4) is 0 Å². The van der Waals surface area contributed by atoms with Crippen LogP contribution in [0.1, 0.15) is 43.5 Å². The second-order valence-corrected chi connectivity index (χ2v) is 7.04. The first-order chi connectivity index (χ1) is 10.1. The molecular formula is C14H14ClFN4S. The summed E-state index contributed by atoms with van der Waals surface area (Å²) in [6, 6.07) is 3.31. The summed E-state index contributed by atoms with van der Waals surface area (Å²) in [5.41, 5.74) is 6.39. The van der Waals surface area contributed by atoms with Gasteiger partial charge in [0.2, 0.25) is 0 Å². The van der Waals surface area contributed by atoms with E-state index in [0.717, 1.165) is 23.8 Å². The summed E-state index contributed by atoms with van der Waals surface area (Å²) in [7, 11) is 0. The van der Waals surface area contributed by atoms with Gasteiger partial charge in [-0.3, -0.25) is 0 Å². The summed E-state index contributed by atoms with van der Waals surface area (Å²) in [6.07, 6.45) is 4.70. The van der Waals surface area contributed by atoms with Gasteiger partial charge in [0.15, 0.2) is 5.16 Å². The predicted molar refractivity (Wildman–Crippen MR) is 80.2 cm³/mol. The summed E-state index contributed by atoms with van der Waals surface area (Å²) >= 11 is 7.10. The van der Waals surface area contributed by atoms with Crippen LogP contribution in [0.15, 0.2) is 22.2 Å². The lowest BCUT2D eigenvalue weighted by Gasteiger charge is -2.09. The molecule has 2 aliphatic rings. The number of nitrogens with zero attached hydrogens (tertiary/aromatic N) is 3. The average molecular weight is 325 g/mol. The van der Waals surface area contributed by atoms with E-state index in [1.54, 1.807) is 0 Å². The van der Waals surface area contributed by atoms with Gasteiger partial charge in [-0.15, -0.1) is 10.2 Å². The van der Waals surface area contributed by atoms with Gasteiger partial charge in [-0.05, 0) is 49.6 Å². The molecule has 0 aliphatic heterocycles. The average Bonchev–Trinajstić information content (AvgIpc) is 3.35. The van der Waals surface area contributed by atoms with Gasteiger partial charge in [0.05, 0.1) is 5.02 Å². The van der Waals surface area contributed by atoms with Crippen LogP contribution < -0.4 is 5.73 Å². The van der Waals surface area contributed by atoms with E-state index in [0.29, 0.717) is 22.5 Å². The summed E-state index contributed by atoms with van der Waals surface area (Å²) in [6.45, 7) is 0. The minimum Gasteiger partial charge on any atom is -0.398 e. The Balaban J connectivity index is 1.70. The van der Waals surface area contributed by atoms with Crippen molar-refractivity contribution in [3.63, 3.8) is 0 Å². The Morgan fingerprint density at radius 2 is 2.00 bits per heavy atom. The number of benzene rings is 1. The number of halogens is 2. The third-order valence-corrected chi connectivity index (χ3v) is 5.12. The molecule has 2 aliphatic carbocycles. The van der Waals surface area contributed by atoms with Crippen molar-refractivity contribution < 1.29 is 4.39 Å². The maximum Gasteiger partial charge on any atom is 0.196 e. The highest BCUT2D eigenvalue weighted by Gasteiger charge is 2.36. The van der Waals surface area contributed by atoms with Crippen molar-refractivity contribution in [3.8, 4) is 0 Å². The molecule has 0 atom stereocenters. The Morgan fingerprint density at radius 1 is 1.24 bits per heavy atom. The molecule has 2 N–H and O–H groups in total. The number of anilines is 1. The van der Waals surface area contributed by atoms with Gasteiger partial charge in [0, 0.05) is 22.5 Å². The Kier molecular flexibility index (Phi) is 3.11. The molecule has 0 unspecified atom stereocenters. The van der Waals surface area contributed by atoms with Crippen LogP contribution in [0.4, 0.5) is 10.1 Å². The van der Waals surface area contributed by atoms with Crippen LogP contribution >= 0.6 is 23.4 Å². The van der Waals surface area contributed by atoms with Crippen LogP contribution in [-0.4, -0.2) is 14.8 Å². The van der Waals surface area contributed by atoms with Crippen LogP contribution in [0.2, 0.25) is 5.02 Å². The van der Waals surface area contributed by atoms with Gasteiger partial charge in [-0.25, -0.2) is 4.39 Å². The predicted octanol–water partition coefficient (Wildman–Crippen LogP) is 4.02. The van der Waals surface area contributed by atoms with Crippen molar-refractivity contribution in [1.29, 1.82) is 0 Å². The minimum atomic E-state index is -0.465. The second kappa shape index (κ2) is 4.88. The number of rotatable bonds is 4. The smallest absolute Gasteiger partial charge is 0.196 e. The molecule has 21 heavy (non-hydrogen) atoms. The fraction of sp³-hybridized carbons (Fsp3) is 0.429. The van der Waals surface area contributed by atoms with Crippen molar-refractivity contribution in [2.75, 3.05) is 5.73 Å². The highest BCUT2D eigenvalue weighted by atomic mass is 35.5. The molecule has 1 heterocycles. The fourth-order valence-electron chi connectivity index (χ4n) is 2.38. The first kappa shape index (κ1) is 13.4. The molecule has 0 radical (unpaired) electrons. The van der Waals surface area contributed by atoms with Crippen LogP contribution in [0.25, 0.3) is 0 Å². The Bertz CT molecular complexity index is 709. The number of aromatic nitrogens is 3. The fourth-order valence-corrected chi connectivity index (χ4v) is 3.52. The molecule has 0 spiro atoms. The van der Waals surface area contributed by atoms with E-state index in [1.165, 1.54) is 36.7 Å². The molecule has 2 fully saturated rings. The number of nitrogen functional groups attached to an aromatic ring is 1. The number of hydrogen-bond donors (Lipinski definition) is 1. The van der Waals surface area contributed by atoms with E-state index < -0.39 is 5.82 Å². The van der Waals surface area contributed by atoms with Crippen molar-refractivity contribution in [1.82, 2.24) is 14.8 Å². The number of hydrogen-bond acceptors (Lipinski definition) is 4. The molecule has 1 aromatic heterocycles. The van der Waals surface area contributed by atoms with Crippen molar-refractivity contribution >= 4 is 29.1 Å². The lowest BCUT2D eigenvalue weighted by Crippen LogP contribution is -2.02. The highest BCUT2D eigenvalue weighted by Crippen LogP contribution is 2.47. The molecule has 2 saturated carbocycles. The van der Waals surface area contributed by atoms with E-state index in [1.807, 2.05) is 0 Å². The van der Waals surface area contributed by atoms with Crippen molar-refractivity contribution in [3.05, 3.63) is 28.8 Å². The SMILES string of the molecule is Nc1cc(Cl)c(F)cc1Sc1nnc(C2CC2)n1C1CC1. The zero-order valence-electron chi connectivity index (χ0n) is 11.2. The summed E-state index contributed by atoms with van der Waals surface area (Å²) in [4.78, 5) is 0.633. The van der Waals surface area contributed by atoms with Gasteiger partial charge in [0.1, 0.15) is 11.6 Å². The second-order valence-electron chi connectivity index (χ2n) is 5.62. The molecule has 4 rings (SSSR count). The van der Waals surface area contributed by atoms with Crippen LogP contribution in [0.5, 0.6) is 0 Å². The van der Waals surface area contributed by atoms with E-state index in [9.17, 15) is 4.39 Å². The molecule has 7 heteroatoms. The quantitative estimate of drug-likeness (QED) is 0.863. The van der Waals surface area contributed by atoms with E-state index in [4.69, 9.17) is 17.3 Å². The molecule has 0 saturated heterocycles. The van der Waals surface area contributed by atoms with Gasteiger partial charge >= 0.3 is 0 Å². The van der Waals surface area contributed by atoms with Crippen molar-refractivity contribution in [2.24, 2.45) is 0 Å². The van der Waals surface area contributed by atoms with E-state index in [2.05, 4.69) is 14.8 Å². The molecule has 1 aromatic carbocycles. The van der Waals surface area contributed by atoms with Crippen molar-refractivity contribution in [2.45, 2.75) is 47.7 Å². The third kappa shape index (κ3) is 2.51. The standard InChI is InChI=1S/C14H14ClFN4S/c15-9-5-11(17)12(6-10(9)16)21-14-19-18-13(7-1-2-7)20(14)8-3-4-8/h5-8H,1-4,17H2. The zero-order chi connectivity index (χ0) is 14.6. The normalized spacial score (nSPS) is 18.2. The Hall–Kier alpha value is -1.27. The van der Waals surface area contributed by atoms with Gasteiger partial charge in [0.25, 0.3) is 0 Å². The first-order valence-electron chi connectivity index (χ1n) is 7.00. The molecule has 0 bridgehead atoms. The molecule has 2 aromatic rings. The van der Waals surface area contributed by atoms with Gasteiger partial charge in [-0.2, -0.15) is 0 Å². The lowest BCUT2D eigenvalue weighted by molar-refractivity contribution is 0.622. The third-order valence-electron chi connectivity index (χ3n) is 3.80. The van der Waals surface area contributed by atoms with E-state index in [-0.39, 0.29) is 5.02 Å². The molecule has 0 amide bonds. The van der Waals surface area contributed by atoms with Crippen LogP contribution in [-0.2, 0) is 0 Å². The molecular weight excluding hydrogens is 311 g/mol. The maximum absolute atomic E-state index is 13.6. The maximum atomic E-state index is 13.6. The van der Waals surface area contributed by atoms with Gasteiger partial charge in [-0.1, -0.05) is 11.6 Å².